The third-order valence-electron chi connectivity index (χ3n) is 5.39. The number of para-hydroxylation sites is 1. The molecule has 29 heavy (non-hydrogen) atoms. The minimum atomic E-state index is -0.296. The van der Waals surface area contributed by atoms with Crippen LogP contribution in [0, 0.1) is 0 Å². The molecule has 4 heteroatoms. The summed E-state index contributed by atoms with van der Waals surface area (Å²) in [7, 11) is 0. The van der Waals surface area contributed by atoms with Crippen molar-refractivity contribution in [1.82, 2.24) is 5.32 Å². The van der Waals surface area contributed by atoms with Gasteiger partial charge in [-0.1, -0.05) is 78.9 Å². The molecule has 0 radical (unpaired) electrons. The zero-order chi connectivity index (χ0) is 20.1. The van der Waals surface area contributed by atoms with Crippen molar-refractivity contribution in [1.29, 1.82) is 0 Å². The van der Waals surface area contributed by atoms with Gasteiger partial charge in [0.1, 0.15) is 6.61 Å². The molecule has 1 heterocycles. The summed E-state index contributed by atoms with van der Waals surface area (Å²) in [6, 6.07) is 28.5. The first-order chi connectivity index (χ1) is 14.2. The first kappa shape index (κ1) is 19.2. The molecule has 0 saturated carbocycles. The second-order valence-corrected chi connectivity index (χ2v) is 7.47. The highest BCUT2D eigenvalue weighted by Crippen LogP contribution is 2.37. The molecule has 1 N–H and O–H groups in total. The molecule has 2 atom stereocenters. The minimum Gasteiger partial charge on any atom is -0.444 e. The van der Waals surface area contributed by atoms with Gasteiger partial charge in [0.05, 0.1) is 5.69 Å². The standard InChI is InChI=1S/C25H26N2O2/c1-19-16-23(26-17-20-10-4-2-5-11-20)22-14-8-9-15-24(22)27(19)25(28)29-18-21-12-6-3-7-13-21/h2-15,19,23,26H,16-18H2,1H3. The van der Waals surface area contributed by atoms with Gasteiger partial charge in [0.2, 0.25) is 0 Å². The fourth-order valence-electron chi connectivity index (χ4n) is 3.91. The molecule has 0 bridgehead atoms. The van der Waals surface area contributed by atoms with Crippen LogP contribution in [0.15, 0.2) is 84.9 Å². The normalized spacial score (nSPS) is 18.2. The van der Waals surface area contributed by atoms with Gasteiger partial charge in [-0.3, -0.25) is 4.90 Å². The smallest absolute Gasteiger partial charge is 0.414 e. The van der Waals surface area contributed by atoms with Gasteiger partial charge in [-0.05, 0) is 36.1 Å². The van der Waals surface area contributed by atoms with E-state index in [1.165, 1.54) is 5.56 Å². The summed E-state index contributed by atoms with van der Waals surface area (Å²) in [5.41, 5.74) is 4.30. The van der Waals surface area contributed by atoms with Crippen LogP contribution in [0.3, 0.4) is 0 Å². The first-order valence-electron chi connectivity index (χ1n) is 10.1. The van der Waals surface area contributed by atoms with Crippen molar-refractivity contribution in [2.45, 2.75) is 38.6 Å². The lowest BCUT2D eigenvalue weighted by atomic mass is 9.92. The number of hydrogen-bond donors (Lipinski definition) is 1. The van der Waals surface area contributed by atoms with Crippen LogP contribution in [0.25, 0.3) is 0 Å². The van der Waals surface area contributed by atoms with Crippen LogP contribution in [-0.4, -0.2) is 12.1 Å². The Morgan fingerprint density at radius 1 is 0.931 bits per heavy atom. The monoisotopic (exact) mass is 386 g/mol. The van der Waals surface area contributed by atoms with E-state index in [4.69, 9.17) is 4.74 Å². The summed E-state index contributed by atoms with van der Waals surface area (Å²) in [6.07, 6.45) is 0.542. The van der Waals surface area contributed by atoms with Crippen molar-refractivity contribution in [2.75, 3.05) is 4.90 Å². The maximum absolute atomic E-state index is 12.9. The lowest BCUT2D eigenvalue weighted by Gasteiger charge is -2.39. The number of rotatable bonds is 5. The highest BCUT2D eigenvalue weighted by atomic mass is 16.6. The van der Waals surface area contributed by atoms with Gasteiger partial charge in [-0.15, -0.1) is 0 Å². The van der Waals surface area contributed by atoms with Crippen LogP contribution >= 0.6 is 0 Å². The first-order valence-corrected chi connectivity index (χ1v) is 10.1. The molecule has 1 amide bonds. The predicted octanol–water partition coefficient (Wildman–Crippen LogP) is 5.45. The van der Waals surface area contributed by atoms with Gasteiger partial charge < -0.3 is 10.1 Å². The zero-order valence-electron chi connectivity index (χ0n) is 16.6. The van der Waals surface area contributed by atoms with Crippen LogP contribution in [0.4, 0.5) is 10.5 Å². The molecule has 0 aromatic heterocycles. The van der Waals surface area contributed by atoms with Crippen LogP contribution in [-0.2, 0) is 17.9 Å². The Hall–Kier alpha value is -3.11. The average Bonchev–Trinajstić information content (AvgIpc) is 2.77. The van der Waals surface area contributed by atoms with E-state index in [2.05, 4.69) is 42.6 Å². The second-order valence-electron chi connectivity index (χ2n) is 7.47. The second kappa shape index (κ2) is 8.93. The molecule has 0 saturated heterocycles. The molecule has 2 unspecified atom stereocenters. The molecule has 0 aliphatic carbocycles. The van der Waals surface area contributed by atoms with Gasteiger partial charge >= 0.3 is 6.09 Å². The number of nitrogens with zero attached hydrogens (tertiary/aromatic N) is 1. The predicted molar refractivity (Wildman–Crippen MR) is 116 cm³/mol. The lowest BCUT2D eigenvalue weighted by Crippen LogP contribution is -2.45. The zero-order valence-corrected chi connectivity index (χ0v) is 16.6. The van der Waals surface area contributed by atoms with Gasteiger partial charge in [0.15, 0.2) is 0 Å². The van der Waals surface area contributed by atoms with Crippen molar-refractivity contribution >= 4 is 11.8 Å². The number of carbonyl (C=O) groups excluding carboxylic acids is 1. The lowest BCUT2D eigenvalue weighted by molar-refractivity contribution is 0.143. The van der Waals surface area contributed by atoms with E-state index in [1.807, 2.05) is 54.6 Å². The number of benzene rings is 3. The molecular weight excluding hydrogens is 360 g/mol. The van der Waals surface area contributed by atoms with E-state index >= 15 is 0 Å². The fourth-order valence-corrected chi connectivity index (χ4v) is 3.91. The van der Waals surface area contributed by atoms with Crippen molar-refractivity contribution < 1.29 is 9.53 Å². The van der Waals surface area contributed by atoms with Crippen molar-refractivity contribution in [3.63, 3.8) is 0 Å². The SMILES string of the molecule is CC1CC(NCc2ccccc2)c2ccccc2N1C(=O)OCc1ccccc1. The van der Waals surface area contributed by atoms with Gasteiger partial charge in [-0.2, -0.15) is 0 Å². The molecule has 3 aromatic carbocycles. The average molecular weight is 386 g/mol. The van der Waals surface area contributed by atoms with Crippen LogP contribution in [0.5, 0.6) is 0 Å². The largest absolute Gasteiger partial charge is 0.444 e. The summed E-state index contributed by atoms with van der Waals surface area (Å²) < 4.78 is 5.63. The number of fused-ring (bicyclic) bond motifs is 1. The van der Waals surface area contributed by atoms with Gasteiger partial charge in [-0.25, -0.2) is 4.79 Å². The van der Waals surface area contributed by atoms with Crippen LogP contribution in [0.2, 0.25) is 0 Å². The summed E-state index contributed by atoms with van der Waals surface area (Å²) in [4.78, 5) is 14.7. The van der Waals surface area contributed by atoms with Crippen LogP contribution < -0.4 is 10.2 Å². The quantitative estimate of drug-likeness (QED) is 0.634. The molecular formula is C25H26N2O2. The maximum atomic E-state index is 12.9. The highest BCUT2D eigenvalue weighted by Gasteiger charge is 2.34. The topological polar surface area (TPSA) is 41.6 Å². The summed E-state index contributed by atoms with van der Waals surface area (Å²) >= 11 is 0. The Labute approximate surface area is 172 Å². The molecule has 1 aliphatic rings. The number of hydrogen-bond acceptors (Lipinski definition) is 3. The summed E-state index contributed by atoms with van der Waals surface area (Å²) in [6.45, 7) is 3.16. The highest BCUT2D eigenvalue weighted by molar-refractivity contribution is 5.90. The molecule has 0 spiro atoms. The Balaban J connectivity index is 1.49. The minimum absolute atomic E-state index is 0.0430. The number of amides is 1. The van der Waals surface area contributed by atoms with E-state index in [-0.39, 0.29) is 24.8 Å². The molecule has 4 rings (SSSR count). The van der Waals surface area contributed by atoms with Crippen molar-refractivity contribution in [3.8, 4) is 0 Å². The van der Waals surface area contributed by atoms with E-state index in [1.54, 1.807) is 4.90 Å². The number of ether oxygens (including phenoxy) is 1. The molecule has 4 nitrogen and oxygen atoms in total. The Morgan fingerprint density at radius 3 is 2.28 bits per heavy atom. The summed E-state index contributed by atoms with van der Waals surface area (Å²) in [5.74, 6) is 0. The van der Waals surface area contributed by atoms with Gasteiger partial charge in [0.25, 0.3) is 0 Å². The van der Waals surface area contributed by atoms with Gasteiger partial charge in [0, 0.05) is 18.6 Å². The third-order valence-corrected chi connectivity index (χ3v) is 5.39. The number of nitrogens with one attached hydrogen (secondary N) is 1. The van der Waals surface area contributed by atoms with E-state index in [0.717, 1.165) is 29.8 Å². The maximum Gasteiger partial charge on any atom is 0.414 e. The van der Waals surface area contributed by atoms with Crippen LogP contribution in [0.1, 0.15) is 36.1 Å². The fraction of sp³-hybridized carbons (Fsp3) is 0.240. The van der Waals surface area contributed by atoms with E-state index in [0.29, 0.717) is 0 Å². The number of anilines is 1. The summed E-state index contributed by atoms with van der Waals surface area (Å²) in [5, 5.41) is 3.66. The Bertz CT molecular complexity index is 943. The molecule has 0 fully saturated rings. The molecule has 3 aromatic rings. The molecule has 148 valence electrons. The van der Waals surface area contributed by atoms with E-state index in [9.17, 15) is 4.79 Å². The Kier molecular flexibility index (Phi) is 5.92. The number of carbonyl (C=O) groups is 1. The van der Waals surface area contributed by atoms with Crippen molar-refractivity contribution in [3.05, 3.63) is 102 Å². The van der Waals surface area contributed by atoms with E-state index < -0.39 is 0 Å². The Morgan fingerprint density at radius 2 is 1.55 bits per heavy atom. The third kappa shape index (κ3) is 4.49. The molecule has 1 aliphatic heterocycles. The van der Waals surface area contributed by atoms with Crippen molar-refractivity contribution in [2.24, 2.45) is 0 Å².